The average Bonchev–Trinajstić information content (AvgIpc) is 3.16. The molecule has 0 fully saturated rings. The molecule has 4 nitrogen and oxygen atoms in total. The number of hydrogen-bond acceptors (Lipinski definition) is 3. The van der Waals surface area contributed by atoms with Gasteiger partial charge in [0, 0.05) is 14.7 Å². The lowest BCUT2D eigenvalue weighted by molar-refractivity contribution is 0.0473. The molecule has 0 spiro atoms. The van der Waals surface area contributed by atoms with Gasteiger partial charge in [0.25, 0.3) is 0 Å². The van der Waals surface area contributed by atoms with Crippen LogP contribution in [0.2, 0.25) is 0 Å². The Hall–Kier alpha value is -2.59. The number of aryl methyl sites for hydroxylation is 2. The van der Waals surface area contributed by atoms with E-state index in [9.17, 15) is 0 Å². The average molecular weight is 363 g/mol. The van der Waals surface area contributed by atoms with Gasteiger partial charge in [-0.2, -0.15) is 0 Å². The molecule has 0 saturated carbocycles. The summed E-state index contributed by atoms with van der Waals surface area (Å²) >= 11 is 1.78. The van der Waals surface area contributed by atoms with Crippen molar-refractivity contribution in [2.75, 3.05) is 6.54 Å². The number of nitrogens with zero attached hydrogens (tertiary/aromatic N) is 3. The van der Waals surface area contributed by atoms with Crippen LogP contribution in [0.4, 0.5) is 0 Å². The topological polar surface area (TPSA) is 58.0 Å². The molecule has 0 aliphatic heterocycles. The molecule has 1 heterocycles. The van der Waals surface area contributed by atoms with E-state index in [4.69, 9.17) is 10.3 Å². The summed E-state index contributed by atoms with van der Waals surface area (Å²) < 4.78 is 6.04. The molecule has 0 N–H and O–H groups in total. The van der Waals surface area contributed by atoms with Crippen molar-refractivity contribution in [1.82, 2.24) is 0 Å². The highest BCUT2D eigenvalue weighted by Crippen LogP contribution is 2.24. The fourth-order valence-corrected chi connectivity index (χ4v) is 3.70. The standard InChI is InChI=1S/C21H21N3OS/c22-24-23-15-21(18-9-5-2-6-10-18)25-16-20-14-13-19(26-20)12-11-17-7-3-1-4-8-17/h1-10,13-14,21H,11-12,15-16H2. The van der Waals surface area contributed by atoms with Gasteiger partial charge in [0.2, 0.25) is 0 Å². The van der Waals surface area contributed by atoms with Crippen molar-refractivity contribution < 1.29 is 4.74 Å². The largest absolute Gasteiger partial charge is 0.368 e. The van der Waals surface area contributed by atoms with E-state index < -0.39 is 0 Å². The van der Waals surface area contributed by atoms with E-state index in [1.165, 1.54) is 15.3 Å². The van der Waals surface area contributed by atoms with Crippen LogP contribution < -0.4 is 0 Å². The van der Waals surface area contributed by atoms with Gasteiger partial charge in [0.1, 0.15) is 0 Å². The van der Waals surface area contributed by atoms with Crippen LogP contribution in [-0.4, -0.2) is 6.54 Å². The van der Waals surface area contributed by atoms with E-state index in [1.54, 1.807) is 11.3 Å². The molecule has 26 heavy (non-hydrogen) atoms. The van der Waals surface area contributed by atoms with Gasteiger partial charge in [0.05, 0.1) is 19.3 Å². The summed E-state index contributed by atoms with van der Waals surface area (Å²) in [6.45, 7) is 0.823. The highest BCUT2D eigenvalue weighted by atomic mass is 32.1. The van der Waals surface area contributed by atoms with Gasteiger partial charge in [-0.05, 0) is 41.6 Å². The molecule has 3 aromatic rings. The number of hydrogen-bond donors (Lipinski definition) is 0. The second kappa shape index (κ2) is 9.78. The first-order valence-electron chi connectivity index (χ1n) is 8.64. The molecule has 0 amide bonds. The highest BCUT2D eigenvalue weighted by molar-refractivity contribution is 7.11. The van der Waals surface area contributed by atoms with Gasteiger partial charge in [-0.1, -0.05) is 65.8 Å². The second-order valence-corrected chi connectivity index (χ2v) is 7.23. The van der Waals surface area contributed by atoms with Crippen LogP contribution in [0.1, 0.15) is 27.0 Å². The fraction of sp³-hybridized carbons (Fsp3) is 0.238. The van der Waals surface area contributed by atoms with Crippen molar-refractivity contribution in [3.63, 3.8) is 0 Å². The van der Waals surface area contributed by atoms with Crippen LogP contribution in [0.3, 0.4) is 0 Å². The zero-order chi connectivity index (χ0) is 18.0. The third-order valence-corrected chi connectivity index (χ3v) is 5.25. The maximum Gasteiger partial charge on any atom is 0.0886 e. The van der Waals surface area contributed by atoms with Crippen LogP contribution in [0.5, 0.6) is 0 Å². The monoisotopic (exact) mass is 363 g/mol. The minimum atomic E-state index is -0.220. The number of ether oxygens (including phenoxy) is 1. The second-order valence-electron chi connectivity index (χ2n) is 5.98. The molecule has 1 unspecified atom stereocenters. The lowest BCUT2D eigenvalue weighted by Crippen LogP contribution is -2.07. The maximum absolute atomic E-state index is 8.61. The Morgan fingerprint density at radius 2 is 1.58 bits per heavy atom. The van der Waals surface area contributed by atoms with Crippen LogP contribution in [-0.2, 0) is 24.2 Å². The predicted molar refractivity (Wildman–Crippen MR) is 106 cm³/mol. The first kappa shape index (κ1) is 18.2. The van der Waals surface area contributed by atoms with Crippen LogP contribution in [0.25, 0.3) is 10.4 Å². The van der Waals surface area contributed by atoms with Crippen molar-refractivity contribution in [2.24, 2.45) is 5.11 Å². The quantitative estimate of drug-likeness (QED) is 0.257. The Kier molecular flexibility index (Phi) is 6.85. The Morgan fingerprint density at radius 1 is 0.885 bits per heavy atom. The summed E-state index contributed by atoms with van der Waals surface area (Å²) in [5, 5.41) is 3.69. The van der Waals surface area contributed by atoms with Crippen molar-refractivity contribution in [3.05, 3.63) is 104 Å². The molecule has 0 bridgehead atoms. The Labute approximate surface area is 157 Å². The van der Waals surface area contributed by atoms with E-state index in [2.05, 4.69) is 46.4 Å². The van der Waals surface area contributed by atoms with Crippen molar-refractivity contribution in [2.45, 2.75) is 25.6 Å². The van der Waals surface area contributed by atoms with Crippen LogP contribution in [0, 0.1) is 0 Å². The molecular weight excluding hydrogens is 342 g/mol. The van der Waals surface area contributed by atoms with Gasteiger partial charge >= 0.3 is 0 Å². The lowest BCUT2D eigenvalue weighted by Gasteiger charge is -2.15. The normalized spacial score (nSPS) is 11.7. The molecule has 0 saturated heterocycles. The summed E-state index contributed by atoms with van der Waals surface area (Å²) in [6, 6.07) is 24.7. The van der Waals surface area contributed by atoms with E-state index in [-0.39, 0.29) is 6.10 Å². The molecule has 132 valence electrons. The van der Waals surface area contributed by atoms with E-state index in [0.717, 1.165) is 18.4 Å². The van der Waals surface area contributed by atoms with Gasteiger partial charge in [-0.3, -0.25) is 0 Å². The van der Waals surface area contributed by atoms with Gasteiger partial charge in [-0.25, -0.2) is 0 Å². The number of thiophene rings is 1. The van der Waals surface area contributed by atoms with Crippen molar-refractivity contribution in [1.29, 1.82) is 0 Å². The SMILES string of the molecule is [N-]=[N+]=NCC(OCc1ccc(CCc2ccccc2)s1)c1ccccc1. The first-order chi connectivity index (χ1) is 12.8. The van der Waals surface area contributed by atoms with Crippen LogP contribution in [0.15, 0.2) is 77.9 Å². The Balaban J connectivity index is 1.56. The summed E-state index contributed by atoms with van der Waals surface area (Å²) in [4.78, 5) is 5.41. The summed E-state index contributed by atoms with van der Waals surface area (Å²) in [6.07, 6.45) is 1.86. The van der Waals surface area contributed by atoms with E-state index in [1.807, 2.05) is 36.4 Å². The van der Waals surface area contributed by atoms with Crippen LogP contribution >= 0.6 is 11.3 Å². The van der Waals surface area contributed by atoms with Gasteiger partial charge in [0.15, 0.2) is 0 Å². The predicted octanol–water partition coefficient (Wildman–Crippen LogP) is 6.10. The molecule has 1 atom stereocenters. The number of rotatable bonds is 9. The molecule has 1 aromatic heterocycles. The molecule has 0 radical (unpaired) electrons. The number of azide groups is 1. The zero-order valence-corrected chi connectivity index (χ0v) is 15.3. The molecular formula is C21H21N3OS. The Morgan fingerprint density at radius 3 is 2.31 bits per heavy atom. The van der Waals surface area contributed by atoms with Crippen molar-refractivity contribution >= 4 is 11.3 Å². The summed E-state index contributed by atoms with van der Waals surface area (Å²) in [7, 11) is 0. The first-order valence-corrected chi connectivity index (χ1v) is 9.45. The minimum absolute atomic E-state index is 0.220. The molecule has 0 aliphatic rings. The molecule has 3 rings (SSSR count). The van der Waals surface area contributed by atoms with Gasteiger partial charge in [-0.15, -0.1) is 11.3 Å². The third-order valence-electron chi connectivity index (χ3n) is 4.13. The van der Waals surface area contributed by atoms with E-state index >= 15 is 0 Å². The zero-order valence-electron chi connectivity index (χ0n) is 14.5. The number of benzene rings is 2. The molecule has 0 aliphatic carbocycles. The summed E-state index contributed by atoms with van der Waals surface area (Å²) in [5.41, 5.74) is 11.0. The maximum atomic E-state index is 8.61. The Bertz CT molecular complexity index is 842. The summed E-state index contributed by atoms with van der Waals surface area (Å²) in [5.74, 6) is 0. The highest BCUT2D eigenvalue weighted by Gasteiger charge is 2.12. The van der Waals surface area contributed by atoms with Gasteiger partial charge < -0.3 is 4.74 Å². The third kappa shape index (κ3) is 5.46. The van der Waals surface area contributed by atoms with Crippen molar-refractivity contribution in [3.8, 4) is 0 Å². The molecule has 5 heteroatoms. The lowest BCUT2D eigenvalue weighted by atomic mass is 10.1. The minimum Gasteiger partial charge on any atom is -0.368 e. The molecule has 2 aromatic carbocycles. The fourth-order valence-electron chi connectivity index (χ4n) is 2.76. The van der Waals surface area contributed by atoms with E-state index in [0.29, 0.717) is 13.2 Å². The smallest absolute Gasteiger partial charge is 0.0886 e.